The van der Waals surface area contributed by atoms with Gasteiger partial charge in [-0.2, -0.15) is 0 Å². The highest BCUT2D eigenvalue weighted by molar-refractivity contribution is 7.89. The second-order valence-electron chi connectivity index (χ2n) is 5.07. The van der Waals surface area contributed by atoms with Crippen LogP contribution in [0.1, 0.15) is 13.8 Å². The molecular formula is C14H25O3PS. The minimum Gasteiger partial charge on any atom is -0.300 e. The van der Waals surface area contributed by atoms with E-state index in [0.717, 1.165) is 12.5 Å². The Hall–Kier alpha value is -0.860. The number of carbonyl (C=O) groups is 1. The molecule has 19 heavy (non-hydrogen) atoms. The normalized spacial score (nSPS) is 10.4. The van der Waals surface area contributed by atoms with Crippen molar-refractivity contribution < 1.29 is 13.2 Å². The first-order valence-corrected chi connectivity index (χ1v) is 10.9. The van der Waals surface area contributed by atoms with Crippen LogP contribution in [-0.4, -0.2) is 46.3 Å². The van der Waals surface area contributed by atoms with Crippen LogP contribution in [0.4, 0.5) is 0 Å². The number of hydrogen-bond donors (Lipinski definition) is 0. The fraction of sp³-hybridized carbons (Fsp3) is 0.429. The zero-order valence-corrected chi connectivity index (χ0v) is 14.4. The Kier molecular flexibility index (Phi) is 9.81. The Balaban J connectivity index is 0. The van der Waals surface area contributed by atoms with Crippen molar-refractivity contribution in [1.29, 1.82) is 0 Å². The number of rotatable bonds is 1. The fourth-order valence-electron chi connectivity index (χ4n) is 0.832. The van der Waals surface area contributed by atoms with E-state index in [1.807, 2.05) is 6.07 Å². The van der Waals surface area contributed by atoms with Crippen LogP contribution < -0.4 is 5.30 Å². The number of ketones is 1. The van der Waals surface area contributed by atoms with Gasteiger partial charge in [-0.1, -0.05) is 43.5 Å². The molecule has 0 saturated heterocycles. The van der Waals surface area contributed by atoms with Crippen molar-refractivity contribution in [3.05, 3.63) is 30.3 Å². The highest BCUT2D eigenvalue weighted by atomic mass is 32.2. The molecule has 1 aromatic rings. The maximum atomic E-state index is 9.63. The van der Waals surface area contributed by atoms with Gasteiger partial charge in [0.15, 0.2) is 0 Å². The second-order valence-corrected chi connectivity index (χ2v) is 11.2. The molecular weight excluding hydrogens is 279 g/mol. The van der Waals surface area contributed by atoms with E-state index in [2.05, 4.69) is 43.9 Å². The number of carbonyl (C=O) groups excluding carboxylic acids is 1. The summed E-state index contributed by atoms with van der Waals surface area (Å²) in [5.41, 5.74) is 0. The molecule has 0 unspecified atom stereocenters. The molecule has 0 aliphatic heterocycles. The van der Waals surface area contributed by atoms with Crippen LogP contribution in [0, 0.1) is 0 Å². The SMILES string of the molecule is C=P(C)(C)c1ccccc1.CC(C)=O.CS(C)(=O)=O. The molecule has 0 amide bonds. The third kappa shape index (κ3) is 22.8. The molecule has 0 spiro atoms. The molecule has 0 aliphatic carbocycles. The van der Waals surface area contributed by atoms with Crippen LogP contribution in [0.5, 0.6) is 0 Å². The van der Waals surface area contributed by atoms with E-state index in [0.29, 0.717) is 0 Å². The average molecular weight is 304 g/mol. The summed E-state index contributed by atoms with van der Waals surface area (Å²) in [4.78, 5) is 9.44. The van der Waals surface area contributed by atoms with Gasteiger partial charge in [-0.25, -0.2) is 8.42 Å². The molecule has 0 atom stereocenters. The summed E-state index contributed by atoms with van der Waals surface area (Å²) in [5.74, 6) is 0.167. The monoisotopic (exact) mass is 304 g/mol. The first-order valence-electron chi connectivity index (χ1n) is 5.70. The summed E-state index contributed by atoms with van der Waals surface area (Å²) >= 11 is 0. The quantitative estimate of drug-likeness (QED) is 0.748. The summed E-state index contributed by atoms with van der Waals surface area (Å²) in [5, 5.41) is 1.40. The molecule has 0 heterocycles. The van der Waals surface area contributed by atoms with Crippen molar-refractivity contribution in [3.8, 4) is 0 Å². The van der Waals surface area contributed by atoms with Crippen molar-refractivity contribution in [2.45, 2.75) is 13.8 Å². The molecule has 0 fully saturated rings. The van der Waals surface area contributed by atoms with E-state index in [-0.39, 0.29) is 5.78 Å². The number of sulfone groups is 1. The predicted octanol–water partition coefficient (Wildman–Crippen LogP) is 2.28. The lowest BCUT2D eigenvalue weighted by Crippen LogP contribution is -2.00. The average Bonchev–Trinajstić information content (AvgIpc) is 2.14. The molecule has 3 nitrogen and oxygen atoms in total. The van der Waals surface area contributed by atoms with Gasteiger partial charge in [0.2, 0.25) is 0 Å². The Bertz CT molecular complexity index is 501. The van der Waals surface area contributed by atoms with E-state index < -0.39 is 16.7 Å². The highest BCUT2D eigenvalue weighted by Gasteiger charge is 2.00. The van der Waals surface area contributed by atoms with Gasteiger partial charge in [-0.3, -0.25) is 0 Å². The van der Waals surface area contributed by atoms with Gasteiger partial charge in [-0.15, -0.1) is 0 Å². The standard InChI is InChI=1S/C9H13P.C3H6O.C2H6O2S/c1-10(2,3)9-7-5-4-6-8-9;1-3(2)4;1-5(2,3)4/h4-8H,1H2,2-3H3;1-2H3;1-2H3. The van der Waals surface area contributed by atoms with E-state index >= 15 is 0 Å². The predicted molar refractivity (Wildman–Crippen MR) is 89.1 cm³/mol. The topological polar surface area (TPSA) is 51.2 Å². The lowest BCUT2D eigenvalue weighted by molar-refractivity contribution is -0.114. The molecule has 0 saturated carbocycles. The van der Waals surface area contributed by atoms with Gasteiger partial charge in [0.25, 0.3) is 0 Å². The molecule has 0 radical (unpaired) electrons. The number of benzene rings is 1. The minimum atomic E-state index is -2.67. The van der Waals surface area contributed by atoms with Crippen LogP contribution in [0.3, 0.4) is 0 Å². The van der Waals surface area contributed by atoms with Crippen LogP contribution in [-0.2, 0) is 14.6 Å². The van der Waals surface area contributed by atoms with Crippen LogP contribution in [0.2, 0.25) is 0 Å². The van der Waals surface area contributed by atoms with Gasteiger partial charge >= 0.3 is 0 Å². The van der Waals surface area contributed by atoms with Gasteiger partial charge in [0, 0.05) is 12.5 Å². The van der Waals surface area contributed by atoms with Crippen molar-refractivity contribution in [2.75, 3.05) is 25.8 Å². The smallest absolute Gasteiger partial charge is 0.144 e. The van der Waals surface area contributed by atoms with Gasteiger partial charge in [0.1, 0.15) is 15.6 Å². The summed E-state index contributed by atoms with van der Waals surface area (Å²) < 4.78 is 19.3. The Morgan fingerprint density at radius 2 is 1.32 bits per heavy atom. The van der Waals surface area contributed by atoms with E-state index in [1.165, 1.54) is 19.2 Å². The van der Waals surface area contributed by atoms with Crippen molar-refractivity contribution in [3.63, 3.8) is 0 Å². The molecule has 1 rings (SSSR count). The van der Waals surface area contributed by atoms with Gasteiger partial charge in [-0.05, 0) is 32.5 Å². The van der Waals surface area contributed by atoms with Crippen LogP contribution in [0.15, 0.2) is 30.3 Å². The van der Waals surface area contributed by atoms with Crippen molar-refractivity contribution >= 4 is 34.1 Å². The number of Topliss-reactive ketones (excluding diaryl/α,β-unsaturated/α-hetero) is 1. The lowest BCUT2D eigenvalue weighted by atomic mass is 10.4. The lowest BCUT2D eigenvalue weighted by Gasteiger charge is -2.11. The first kappa shape index (κ1) is 20.5. The third-order valence-electron chi connectivity index (χ3n) is 1.46. The first-order chi connectivity index (χ1) is 8.34. The summed E-state index contributed by atoms with van der Waals surface area (Å²) in [7, 11) is -2.67. The summed E-state index contributed by atoms with van der Waals surface area (Å²) in [6.07, 6.45) is 6.47. The van der Waals surface area contributed by atoms with Crippen molar-refractivity contribution in [1.82, 2.24) is 0 Å². The Labute approximate surface area is 117 Å². The van der Waals surface area contributed by atoms with E-state index in [1.54, 1.807) is 0 Å². The second kappa shape index (κ2) is 9.11. The Morgan fingerprint density at radius 3 is 1.47 bits per heavy atom. The van der Waals surface area contributed by atoms with E-state index in [4.69, 9.17) is 0 Å². The molecule has 0 aliphatic rings. The van der Waals surface area contributed by atoms with Gasteiger partial charge < -0.3 is 4.79 Å². The Morgan fingerprint density at radius 1 is 1.05 bits per heavy atom. The molecule has 0 aromatic heterocycles. The molecule has 1 aromatic carbocycles. The summed E-state index contributed by atoms with van der Waals surface area (Å²) in [6, 6.07) is 10.5. The van der Waals surface area contributed by atoms with Gasteiger partial charge in [0.05, 0.1) is 0 Å². The zero-order valence-electron chi connectivity index (χ0n) is 12.7. The molecule has 110 valence electrons. The largest absolute Gasteiger partial charge is 0.300 e. The maximum absolute atomic E-state index is 9.63. The zero-order chi connectivity index (χ0) is 15.7. The molecule has 0 bridgehead atoms. The third-order valence-corrected chi connectivity index (χ3v) is 3.15. The maximum Gasteiger partial charge on any atom is 0.144 e. The minimum absolute atomic E-state index is 0.167. The molecule has 0 N–H and O–H groups in total. The highest BCUT2D eigenvalue weighted by Crippen LogP contribution is 2.33. The van der Waals surface area contributed by atoms with Crippen LogP contribution >= 0.6 is 6.89 Å². The fourth-order valence-corrected chi connectivity index (χ4v) is 1.81. The number of hydrogen-bond acceptors (Lipinski definition) is 3. The van der Waals surface area contributed by atoms with Crippen LogP contribution in [0.25, 0.3) is 0 Å². The van der Waals surface area contributed by atoms with E-state index in [9.17, 15) is 13.2 Å². The molecule has 5 heteroatoms. The van der Waals surface area contributed by atoms with Crippen molar-refractivity contribution in [2.24, 2.45) is 0 Å². The summed E-state index contributed by atoms with van der Waals surface area (Å²) in [6.45, 7) is 6.49.